The zero-order valence-corrected chi connectivity index (χ0v) is 11.6. The highest BCUT2D eigenvalue weighted by atomic mass is 16.5. The molecule has 1 heterocycles. The SMILES string of the molecule is CC[C@@H](O)c1ccccc1Oc1cnn(C(C)C)c1. The van der Waals surface area contributed by atoms with E-state index < -0.39 is 6.10 Å². The molecule has 1 aromatic heterocycles. The molecule has 0 aliphatic rings. The van der Waals surface area contributed by atoms with Crippen molar-refractivity contribution in [3.8, 4) is 11.5 Å². The predicted octanol–water partition coefficient (Wildman–Crippen LogP) is 3.70. The fraction of sp³-hybridized carbons (Fsp3) is 0.400. The Morgan fingerprint density at radius 2 is 2.05 bits per heavy atom. The molecule has 1 aromatic carbocycles. The highest BCUT2D eigenvalue weighted by Crippen LogP contribution is 2.30. The number of aliphatic hydroxyl groups excluding tert-OH is 1. The number of hydrogen-bond donors (Lipinski definition) is 1. The molecule has 1 atom stereocenters. The van der Waals surface area contributed by atoms with Crippen LogP contribution in [0.1, 0.15) is 44.9 Å². The number of aliphatic hydroxyl groups is 1. The Hall–Kier alpha value is -1.81. The van der Waals surface area contributed by atoms with Crippen LogP contribution in [0.25, 0.3) is 0 Å². The van der Waals surface area contributed by atoms with Crippen LogP contribution in [0.2, 0.25) is 0 Å². The topological polar surface area (TPSA) is 47.3 Å². The van der Waals surface area contributed by atoms with Gasteiger partial charge in [-0.3, -0.25) is 4.68 Å². The normalized spacial score (nSPS) is 12.7. The highest BCUT2D eigenvalue weighted by molar-refractivity contribution is 5.38. The molecule has 102 valence electrons. The van der Waals surface area contributed by atoms with E-state index in [0.717, 1.165) is 5.56 Å². The smallest absolute Gasteiger partial charge is 0.165 e. The first kappa shape index (κ1) is 13.6. The van der Waals surface area contributed by atoms with E-state index >= 15 is 0 Å². The molecule has 0 saturated carbocycles. The average molecular weight is 260 g/mol. The number of ether oxygens (including phenoxy) is 1. The Morgan fingerprint density at radius 1 is 1.32 bits per heavy atom. The lowest BCUT2D eigenvalue weighted by Crippen LogP contribution is -2.00. The zero-order valence-electron chi connectivity index (χ0n) is 11.6. The summed E-state index contributed by atoms with van der Waals surface area (Å²) in [5.41, 5.74) is 0.808. The highest BCUT2D eigenvalue weighted by Gasteiger charge is 2.12. The first-order valence-electron chi connectivity index (χ1n) is 6.60. The van der Waals surface area contributed by atoms with Crippen molar-refractivity contribution in [2.75, 3.05) is 0 Å². The van der Waals surface area contributed by atoms with Crippen LogP contribution in [0.3, 0.4) is 0 Å². The van der Waals surface area contributed by atoms with Gasteiger partial charge in [0.15, 0.2) is 5.75 Å². The molecule has 4 nitrogen and oxygen atoms in total. The summed E-state index contributed by atoms with van der Waals surface area (Å²) >= 11 is 0. The van der Waals surface area contributed by atoms with Crippen LogP contribution in [-0.2, 0) is 0 Å². The third-order valence-electron chi connectivity index (χ3n) is 3.00. The summed E-state index contributed by atoms with van der Waals surface area (Å²) in [4.78, 5) is 0. The minimum atomic E-state index is -0.503. The number of rotatable bonds is 5. The van der Waals surface area contributed by atoms with E-state index in [0.29, 0.717) is 24.0 Å². The fourth-order valence-electron chi connectivity index (χ4n) is 1.85. The van der Waals surface area contributed by atoms with Crippen molar-refractivity contribution in [3.05, 3.63) is 42.2 Å². The van der Waals surface area contributed by atoms with E-state index in [9.17, 15) is 5.11 Å². The zero-order chi connectivity index (χ0) is 13.8. The number of hydrogen-bond acceptors (Lipinski definition) is 3. The standard InChI is InChI=1S/C15H20N2O2/c1-4-14(18)13-7-5-6-8-15(13)19-12-9-16-17(10-12)11(2)3/h5-11,14,18H,4H2,1-3H3/t14-/m1/s1. The van der Waals surface area contributed by atoms with Gasteiger partial charge in [-0.15, -0.1) is 0 Å². The summed E-state index contributed by atoms with van der Waals surface area (Å²) in [5.74, 6) is 1.37. The summed E-state index contributed by atoms with van der Waals surface area (Å²) in [6.45, 7) is 6.06. The number of para-hydroxylation sites is 1. The van der Waals surface area contributed by atoms with E-state index in [-0.39, 0.29) is 0 Å². The molecule has 19 heavy (non-hydrogen) atoms. The molecule has 4 heteroatoms. The Labute approximate surface area is 113 Å². The number of nitrogens with zero attached hydrogens (tertiary/aromatic N) is 2. The van der Waals surface area contributed by atoms with Gasteiger partial charge in [0.25, 0.3) is 0 Å². The van der Waals surface area contributed by atoms with Crippen LogP contribution in [0.4, 0.5) is 0 Å². The molecule has 0 aliphatic heterocycles. The van der Waals surface area contributed by atoms with Crippen molar-refractivity contribution in [3.63, 3.8) is 0 Å². The van der Waals surface area contributed by atoms with Crippen LogP contribution < -0.4 is 4.74 Å². The van der Waals surface area contributed by atoms with E-state index in [4.69, 9.17) is 4.74 Å². The molecule has 0 bridgehead atoms. The maximum absolute atomic E-state index is 9.98. The second-order valence-corrected chi connectivity index (χ2v) is 4.81. The monoisotopic (exact) mass is 260 g/mol. The van der Waals surface area contributed by atoms with Gasteiger partial charge < -0.3 is 9.84 Å². The maximum atomic E-state index is 9.98. The van der Waals surface area contributed by atoms with Gasteiger partial charge in [0.05, 0.1) is 18.5 Å². The molecule has 0 saturated heterocycles. The van der Waals surface area contributed by atoms with Crippen molar-refractivity contribution in [2.24, 2.45) is 0 Å². The summed E-state index contributed by atoms with van der Waals surface area (Å²) < 4.78 is 7.66. The van der Waals surface area contributed by atoms with Crippen LogP contribution in [0, 0.1) is 0 Å². The van der Waals surface area contributed by atoms with Gasteiger partial charge in [-0.25, -0.2) is 0 Å². The Kier molecular flexibility index (Phi) is 4.22. The van der Waals surface area contributed by atoms with Crippen molar-refractivity contribution in [2.45, 2.75) is 39.3 Å². The fourth-order valence-corrected chi connectivity index (χ4v) is 1.85. The van der Waals surface area contributed by atoms with Gasteiger partial charge in [0.2, 0.25) is 0 Å². The quantitative estimate of drug-likeness (QED) is 0.891. The predicted molar refractivity (Wildman–Crippen MR) is 74.4 cm³/mol. The largest absolute Gasteiger partial charge is 0.454 e. The van der Waals surface area contributed by atoms with Gasteiger partial charge in [-0.05, 0) is 26.3 Å². The molecule has 0 spiro atoms. The van der Waals surface area contributed by atoms with Crippen molar-refractivity contribution >= 4 is 0 Å². The molecule has 0 aliphatic carbocycles. The van der Waals surface area contributed by atoms with E-state index in [1.807, 2.05) is 42.1 Å². The Bertz CT molecular complexity index is 534. The van der Waals surface area contributed by atoms with E-state index in [2.05, 4.69) is 18.9 Å². The summed E-state index contributed by atoms with van der Waals surface area (Å²) in [6.07, 6.45) is 3.71. The van der Waals surface area contributed by atoms with Crippen molar-refractivity contribution < 1.29 is 9.84 Å². The molecule has 2 rings (SSSR count). The lowest BCUT2D eigenvalue weighted by Gasteiger charge is -2.13. The van der Waals surface area contributed by atoms with Gasteiger partial charge in [-0.2, -0.15) is 5.10 Å². The average Bonchev–Trinajstić information content (AvgIpc) is 2.87. The molecule has 0 radical (unpaired) electrons. The minimum absolute atomic E-state index is 0.300. The summed E-state index contributed by atoms with van der Waals surface area (Å²) in [5, 5.41) is 14.2. The molecular weight excluding hydrogens is 240 g/mol. The van der Waals surface area contributed by atoms with Gasteiger partial charge >= 0.3 is 0 Å². The molecule has 0 amide bonds. The van der Waals surface area contributed by atoms with Gasteiger partial charge in [-0.1, -0.05) is 25.1 Å². The molecule has 0 unspecified atom stereocenters. The summed E-state index contributed by atoms with van der Waals surface area (Å²) in [7, 11) is 0. The van der Waals surface area contributed by atoms with Crippen molar-refractivity contribution in [1.29, 1.82) is 0 Å². The van der Waals surface area contributed by atoms with Crippen LogP contribution in [-0.4, -0.2) is 14.9 Å². The Morgan fingerprint density at radius 3 is 2.68 bits per heavy atom. The third kappa shape index (κ3) is 3.15. The summed E-state index contributed by atoms with van der Waals surface area (Å²) in [6, 6.07) is 7.85. The van der Waals surface area contributed by atoms with Gasteiger partial charge in [0, 0.05) is 11.6 Å². The first-order chi connectivity index (χ1) is 9.11. The lowest BCUT2D eigenvalue weighted by atomic mass is 10.1. The molecule has 1 N–H and O–H groups in total. The second-order valence-electron chi connectivity index (χ2n) is 4.81. The number of benzene rings is 1. The Balaban J connectivity index is 2.22. The molecule has 2 aromatic rings. The third-order valence-corrected chi connectivity index (χ3v) is 3.00. The van der Waals surface area contributed by atoms with Crippen LogP contribution in [0.5, 0.6) is 11.5 Å². The van der Waals surface area contributed by atoms with Crippen molar-refractivity contribution in [1.82, 2.24) is 9.78 Å². The van der Waals surface area contributed by atoms with E-state index in [1.54, 1.807) is 6.20 Å². The van der Waals surface area contributed by atoms with E-state index in [1.165, 1.54) is 0 Å². The minimum Gasteiger partial charge on any atom is -0.454 e. The molecule has 0 fully saturated rings. The maximum Gasteiger partial charge on any atom is 0.165 e. The second kappa shape index (κ2) is 5.89. The molecular formula is C15H20N2O2. The first-order valence-corrected chi connectivity index (χ1v) is 6.60. The van der Waals surface area contributed by atoms with Crippen LogP contribution >= 0.6 is 0 Å². The van der Waals surface area contributed by atoms with Crippen LogP contribution in [0.15, 0.2) is 36.7 Å². The lowest BCUT2D eigenvalue weighted by molar-refractivity contribution is 0.170. The number of aromatic nitrogens is 2. The van der Waals surface area contributed by atoms with Gasteiger partial charge in [0.1, 0.15) is 5.75 Å².